The van der Waals surface area contributed by atoms with Crippen LogP contribution in [0.1, 0.15) is 39.5 Å². The van der Waals surface area contributed by atoms with Crippen molar-refractivity contribution in [3.8, 4) is 0 Å². The van der Waals surface area contributed by atoms with Crippen molar-refractivity contribution < 1.29 is 8.42 Å². The summed E-state index contributed by atoms with van der Waals surface area (Å²) in [6.45, 7) is 5.25. The molecule has 0 radical (unpaired) electrons. The van der Waals surface area contributed by atoms with Gasteiger partial charge in [0.25, 0.3) is 10.0 Å². The number of nitrogens with one attached hydrogen (secondary N) is 1. The lowest BCUT2D eigenvalue weighted by Crippen LogP contribution is -2.44. The van der Waals surface area contributed by atoms with Crippen molar-refractivity contribution in [3.05, 3.63) is 12.5 Å². The van der Waals surface area contributed by atoms with Crippen LogP contribution in [-0.4, -0.2) is 30.6 Å². The van der Waals surface area contributed by atoms with E-state index in [9.17, 15) is 8.42 Å². The summed E-state index contributed by atoms with van der Waals surface area (Å²) in [6, 6.07) is -0.187. The molecule has 1 heterocycles. The minimum Gasteiger partial charge on any atom is -0.336 e. The summed E-state index contributed by atoms with van der Waals surface area (Å²) in [4.78, 5) is 4.03. The van der Waals surface area contributed by atoms with E-state index in [1.165, 1.54) is 0 Å². The molecule has 6 nitrogen and oxygen atoms in total. The predicted molar refractivity (Wildman–Crippen MR) is 82.2 cm³/mol. The molecule has 1 unspecified atom stereocenters. The standard InChI is InChI=1S/C14H26N4O2S/c1-11(2)8-18-9-14(16-10-18)21(19,20)17-13(7-15)12-5-3-4-6-12/h9-13,17H,3-8,15H2,1-2H3. The van der Waals surface area contributed by atoms with Gasteiger partial charge in [-0.05, 0) is 24.7 Å². The molecule has 0 bridgehead atoms. The van der Waals surface area contributed by atoms with Crippen LogP contribution in [0.15, 0.2) is 17.6 Å². The third kappa shape index (κ3) is 4.28. The smallest absolute Gasteiger partial charge is 0.259 e. The van der Waals surface area contributed by atoms with Crippen LogP contribution in [0.3, 0.4) is 0 Å². The van der Waals surface area contributed by atoms with Crippen LogP contribution >= 0.6 is 0 Å². The van der Waals surface area contributed by atoms with Gasteiger partial charge < -0.3 is 10.3 Å². The van der Waals surface area contributed by atoms with Crippen molar-refractivity contribution in [2.75, 3.05) is 6.54 Å². The molecule has 0 spiro atoms. The summed E-state index contributed by atoms with van der Waals surface area (Å²) < 4.78 is 29.4. The monoisotopic (exact) mass is 314 g/mol. The van der Waals surface area contributed by atoms with Gasteiger partial charge in [-0.3, -0.25) is 0 Å². The largest absolute Gasteiger partial charge is 0.336 e. The lowest BCUT2D eigenvalue weighted by Gasteiger charge is -2.22. The first-order chi connectivity index (χ1) is 9.92. The number of nitrogens with zero attached hydrogens (tertiary/aromatic N) is 2. The van der Waals surface area contributed by atoms with Gasteiger partial charge in [0.05, 0.1) is 6.33 Å². The summed E-state index contributed by atoms with van der Waals surface area (Å²) in [7, 11) is -3.59. The highest BCUT2D eigenvalue weighted by molar-refractivity contribution is 7.89. The molecule has 2 rings (SSSR count). The number of rotatable bonds is 7. The fourth-order valence-electron chi connectivity index (χ4n) is 2.96. The van der Waals surface area contributed by atoms with E-state index in [1.54, 1.807) is 12.5 Å². The van der Waals surface area contributed by atoms with E-state index >= 15 is 0 Å². The second-order valence-corrected chi connectivity index (χ2v) is 7.97. The number of imidazole rings is 1. The van der Waals surface area contributed by atoms with Crippen molar-refractivity contribution in [2.24, 2.45) is 17.6 Å². The molecule has 7 heteroatoms. The number of hydrogen-bond donors (Lipinski definition) is 2. The Kier molecular flexibility index (Phi) is 5.40. The molecule has 120 valence electrons. The summed E-state index contributed by atoms with van der Waals surface area (Å²) in [6.07, 6.45) is 7.57. The molecule has 0 saturated heterocycles. The summed E-state index contributed by atoms with van der Waals surface area (Å²) in [5, 5.41) is 0.0830. The predicted octanol–water partition coefficient (Wildman–Crippen LogP) is 1.33. The Morgan fingerprint density at radius 1 is 1.43 bits per heavy atom. The highest BCUT2D eigenvalue weighted by Crippen LogP contribution is 2.28. The zero-order valence-corrected chi connectivity index (χ0v) is 13.6. The average Bonchev–Trinajstić information content (AvgIpc) is 3.06. The maximum absolute atomic E-state index is 12.4. The molecular formula is C14H26N4O2S. The summed E-state index contributed by atoms with van der Waals surface area (Å²) in [5.41, 5.74) is 5.76. The molecule has 0 aromatic carbocycles. The van der Waals surface area contributed by atoms with Crippen LogP contribution in [0.25, 0.3) is 0 Å². The van der Waals surface area contributed by atoms with E-state index in [-0.39, 0.29) is 11.1 Å². The van der Waals surface area contributed by atoms with E-state index in [1.807, 2.05) is 4.57 Å². The maximum Gasteiger partial charge on any atom is 0.259 e. The van der Waals surface area contributed by atoms with E-state index in [2.05, 4.69) is 23.6 Å². The Bertz CT molecular complexity index is 547. The van der Waals surface area contributed by atoms with E-state index in [0.717, 1.165) is 32.2 Å². The second kappa shape index (κ2) is 6.89. The van der Waals surface area contributed by atoms with E-state index in [4.69, 9.17) is 5.73 Å². The first kappa shape index (κ1) is 16.5. The first-order valence-corrected chi connectivity index (χ1v) is 9.15. The quantitative estimate of drug-likeness (QED) is 0.794. The van der Waals surface area contributed by atoms with Gasteiger partial charge in [-0.25, -0.2) is 18.1 Å². The fourth-order valence-corrected chi connectivity index (χ4v) is 4.22. The van der Waals surface area contributed by atoms with Crippen LogP contribution in [0, 0.1) is 11.8 Å². The van der Waals surface area contributed by atoms with Gasteiger partial charge in [-0.1, -0.05) is 26.7 Å². The Morgan fingerprint density at radius 2 is 2.10 bits per heavy atom. The minimum absolute atomic E-state index is 0.0830. The van der Waals surface area contributed by atoms with Crippen LogP contribution in [0.4, 0.5) is 0 Å². The third-order valence-electron chi connectivity index (χ3n) is 3.99. The van der Waals surface area contributed by atoms with Crippen LogP contribution < -0.4 is 10.5 Å². The SMILES string of the molecule is CC(C)Cn1cnc(S(=O)(=O)NC(CN)C2CCCC2)c1. The molecule has 0 aliphatic heterocycles. The maximum atomic E-state index is 12.4. The Hall–Kier alpha value is -0.920. The molecule has 1 aromatic heterocycles. The van der Waals surface area contributed by atoms with Crippen molar-refractivity contribution in [3.63, 3.8) is 0 Å². The molecule has 1 aliphatic carbocycles. The number of nitrogens with two attached hydrogens (primary N) is 1. The first-order valence-electron chi connectivity index (χ1n) is 7.66. The van der Waals surface area contributed by atoms with Crippen molar-refractivity contribution in [2.45, 2.75) is 57.1 Å². The van der Waals surface area contributed by atoms with Crippen LogP contribution in [0.5, 0.6) is 0 Å². The zero-order valence-electron chi connectivity index (χ0n) is 12.8. The number of sulfonamides is 1. The second-order valence-electron chi connectivity index (χ2n) is 6.31. The van der Waals surface area contributed by atoms with Crippen LogP contribution in [-0.2, 0) is 16.6 Å². The van der Waals surface area contributed by atoms with Gasteiger partial charge in [-0.2, -0.15) is 0 Å². The number of aromatic nitrogens is 2. The molecule has 1 saturated carbocycles. The van der Waals surface area contributed by atoms with Crippen molar-refractivity contribution in [1.29, 1.82) is 0 Å². The highest BCUT2D eigenvalue weighted by atomic mass is 32.2. The van der Waals surface area contributed by atoms with Crippen LogP contribution in [0.2, 0.25) is 0 Å². The van der Waals surface area contributed by atoms with E-state index < -0.39 is 10.0 Å². The van der Waals surface area contributed by atoms with Gasteiger partial charge in [0.15, 0.2) is 5.03 Å². The highest BCUT2D eigenvalue weighted by Gasteiger charge is 2.29. The third-order valence-corrected chi connectivity index (χ3v) is 5.36. The van der Waals surface area contributed by atoms with Gasteiger partial charge in [0, 0.05) is 25.3 Å². The topological polar surface area (TPSA) is 90.0 Å². The van der Waals surface area contributed by atoms with Crippen molar-refractivity contribution in [1.82, 2.24) is 14.3 Å². The minimum atomic E-state index is -3.59. The molecule has 3 N–H and O–H groups in total. The molecule has 0 amide bonds. The van der Waals surface area contributed by atoms with Gasteiger partial charge in [0.2, 0.25) is 0 Å². The van der Waals surface area contributed by atoms with Gasteiger partial charge in [-0.15, -0.1) is 0 Å². The Balaban J connectivity index is 2.07. The van der Waals surface area contributed by atoms with E-state index in [0.29, 0.717) is 18.4 Å². The molecule has 1 aromatic rings. The molecule has 1 aliphatic rings. The van der Waals surface area contributed by atoms with Gasteiger partial charge in [0.1, 0.15) is 0 Å². The Labute approximate surface area is 127 Å². The zero-order chi connectivity index (χ0) is 15.5. The molecule has 1 atom stereocenters. The fraction of sp³-hybridized carbons (Fsp3) is 0.786. The normalized spacial score (nSPS) is 18.5. The summed E-state index contributed by atoms with van der Waals surface area (Å²) >= 11 is 0. The van der Waals surface area contributed by atoms with Crippen molar-refractivity contribution >= 4 is 10.0 Å². The average molecular weight is 314 g/mol. The molecule has 1 fully saturated rings. The van der Waals surface area contributed by atoms with Gasteiger partial charge >= 0.3 is 0 Å². The lowest BCUT2D eigenvalue weighted by atomic mass is 9.99. The number of hydrogen-bond acceptors (Lipinski definition) is 4. The molecule has 21 heavy (non-hydrogen) atoms. The summed E-state index contributed by atoms with van der Waals surface area (Å²) in [5.74, 6) is 0.792. The molecular weight excluding hydrogens is 288 g/mol. The Morgan fingerprint density at radius 3 is 2.67 bits per heavy atom. The lowest BCUT2D eigenvalue weighted by molar-refractivity contribution is 0.405.